The molecule has 0 fully saturated rings. The normalized spacial score (nSPS) is 17.0. The molecular weight excluding hydrogens is 472 g/mol. The van der Waals surface area contributed by atoms with E-state index in [1.54, 1.807) is 18.2 Å². The number of furan rings is 1. The van der Waals surface area contributed by atoms with E-state index in [1.165, 1.54) is 0 Å². The average Bonchev–Trinajstić information content (AvgIpc) is 3.58. The second-order valence-corrected chi connectivity index (χ2v) is 8.96. The van der Waals surface area contributed by atoms with Crippen molar-refractivity contribution in [3.8, 4) is 33.4 Å². The van der Waals surface area contributed by atoms with Gasteiger partial charge < -0.3 is 4.42 Å². The van der Waals surface area contributed by atoms with Crippen molar-refractivity contribution in [1.29, 1.82) is 0 Å². The number of fused-ring (bicyclic) bond motifs is 5. The Morgan fingerprint density at radius 1 is 0.436 bits per heavy atom. The van der Waals surface area contributed by atoms with Crippen LogP contribution in [0.2, 0.25) is 0 Å². The predicted octanol–water partition coefficient (Wildman–Crippen LogP) is 10.9. The smallest absolute Gasteiger partial charge is 0.143 e. The van der Waals surface area contributed by atoms with Crippen LogP contribution in [0.25, 0.3) is 76.9 Å². The maximum absolute atomic E-state index is 9.29. The molecule has 0 bridgehead atoms. The van der Waals surface area contributed by atoms with Crippen molar-refractivity contribution in [2.75, 3.05) is 0 Å². The SMILES string of the molecule is [2H]c1c([2H])c([2H])c2c(oc3c(-c4c5c([2H])c([2H])c([2H])c([2H])c5c(-c5cccc(-c6ccccc6)c5)c5c([2H])c([2H])c([2H])c([2H])c45)c([2H])c([2H])c([2H])c32)c1[2H]. The molecule has 1 heterocycles. The minimum atomic E-state index is -0.713. The van der Waals surface area contributed by atoms with E-state index in [9.17, 15) is 6.85 Å². The molecule has 1 nitrogen and oxygen atoms in total. The lowest BCUT2D eigenvalue weighted by Crippen LogP contribution is -1.91. The highest BCUT2D eigenvalue weighted by molar-refractivity contribution is 6.24. The monoisotopic (exact) mass is 511 g/mol. The zero-order valence-electron chi connectivity index (χ0n) is 35.1. The summed E-state index contributed by atoms with van der Waals surface area (Å²) in [5.74, 6) is 0. The van der Waals surface area contributed by atoms with Crippen LogP contribution in [0.1, 0.15) is 20.6 Å². The number of hydrogen-bond acceptors (Lipinski definition) is 1. The first-order chi connectivity index (χ1) is 25.6. The van der Waals surface area contributed by atoms with Gasteiger partial charge in [0.25, 0.3) is 0 Å². The standard InChI is InChI=1S/C38H24O/c1-2-12-25(13-3-1)26-14-10-15-27(24-26)36-29-17-4-6-19-31(29)37(32-20-7-5-18-30(32)36)34-22-11-21-33-28-16-8-9-23-35(28)39-38(33)34/h1-24H/i4D,5D,6D,7D,8D,9D,11D,16D,17D,18D,19D,20D,21D,22D,23D. The topological polar surface area (TPSA) is 13.1 Å². The molecule has 0 aliphatic rings. The van der Waals surface area contributed by atoms with Crippen molar-refractivity contribution in [1.82, 2.24) is 0 Å². The maximum Gasteiger partial charge on any atom is 0.143 e. The van der Waals surface area contributed by atoms with Gasteiger partial charge >= 0.3 is 0 Å². The second-order valence-electron chi connectivity index (χ2n) is 8.96. The van der Waals surface area contributed by atoms with Gasteiger partial charge in [-0.3, -0.25) is 0 Å². The van der Waals surface area contributed by atoms with E-state index in [0.717, 1.165) is 5.56 Å². The Kier molecular flexibility index (Phi) is 2.62. The van der Waals surface area contributed by atoms with E-state index in [-0.39, 0.29) is 60.2 Å². The molecule has 0 saturated heterocycles. The van der Waals surface area contributed by atoms with Gasteiger partial charge in [0.1, 0.15) is 11.2 Å². The Morgan fingerprint density at radius 3 is 1.72 bits per heavy atom. The van der Waals surface area contributed by atoms with Crippen LogP contribution in [-0.2, 0) is 0 Å². The van der Waals surface area contributed by atoms with Crippen LogP contribution in [0.3, 0.4) is 0 Å². The molecule has 39 heavy (non-hydrogen) atoms. The van der Waals surface area contributed by atoms with Crippen LogP contribution in [0.5, 0.6) is 0 Å². The molecule has 0 radical (unpaired) electrons. The maximum atomic E-state index is 9.29. The molecular formula is C38H24O. The predicted molar refractivity (Wildman–Crippen MR) is 165 cm³/mol. The van der Waals surface area contributed by atoms with E-state index in [1.807, 2.05) is 36.4 Å². The Labute approximate surface area is 247 Å². The Hall–Kier alpha value is -5.14. The summed E-state index contributed by atoms with van der Waals surface area (Å²) in [5.41, 5.74) is 0.491. The molecule has 8 aromatic rings. The highest BCUT2D eigenvalue weighted by atomic mass is 16.3. The summed E-state index contributed by atoms with van der Waals surface area (Å²) in [6.07, 6.45) is 0. The first-order valence-electron chi connectivity index (χ1n) is 19.6. The second kappa shape index (κ2) is 8.72. The number of para-hydroxylation sites is 2. The van der Waals surface area contributed by atoms with Crippen molar-refractivity contribution in [3.63, 3.8) is 0 Å². The quantitative estimate of drug-likeness (QED) is 0.215. The first kappa shape index (κ1) is 11.7. The van der Waals surface area contributed by atoms with Crippen molar-refractivity contribution >= 4 is 43.5 Å². The van der Waals surface area contributed by atoms with Crippen molar-refractivity contribution in [3.05, 3.63) is 145 Å². The van der Waals surface area contributed by atoms with Gasteiger partial charge in [-0.1, -0.05) is 133 Å². The molecule has 0 atom stereocenters. The minimum absolute atomic E-state index is 0.0655. The first-order valence-corrected chi connectivity index (χ1v) is 12.1. The van der Waals surface area contributed by atoms with Crippen LogP contribution < -0.4 is 0 Å². The number of rotatable bonds is 3. The fourth-order valence-corrected chi connectivity index (χ4v) is 5.15. The van der Waals surface area contributed by atoms with E-state index in [0.29, 0.717) is 11.1 Å². The lowest BCUT2D eigenvalue weighted by atomic mass is 9.85. The highest BCUT2D eigenvalue weighted by Gasteiger charge is 2.20. The largest absolute Gasteiger partial charge is 0.455 e. The highest BCUT2D eigenvalue weighted by Crippen LogP contribution is 2.46. The molecule has 0 spiro atoms. The number of benzene rings is 7. The van der Waals surface area contributed by atoms with Crippen molar-refractivity contribution in [2.45, 2.75) is 0 Å². The molecule has 0 aliphatic heterocycles. The van der Waals surface area contributed by atoms with Gasteiger partial charge in [0, 0.05) is 21.9 Å². The summed E-state index contributed by atoms with van der Waals surface area (Å²) in [4.78, 5) is 0. The van der Waals surface area contributed by atoms with E-state index in [4.69, 9.17) is 18.1 Å². The summed E-state index contributed by atoms with van der Waals surface area (Å²) < 4.78 is 139. The Balaban J connectivity index is 1.71. The molecule has 7 aromatic carbocycles. The fourth-order valence-electron chi connectivity index (χ4n) is 5.15. The van der Waals surface area contributed by atoms with Crippen LogP contribution in [0.4, 0.5) is 0 Å². The van der Waals surface area contributed by atoms with Gasteiger partial charge in [0.05, 0.1) is 20.6 Å². The van der Waals surface area contributed by atoms with Gasteiger partial charge in [0.2, 0.25) is 0 Å². The van der Waals surface area contributed by atoms with E-state index >= 15 is 0 Å². The molecule has 1 heteroatoms. The molecule has 0 amide bonds. The van der Waals surface area contributed by atoms with E-state index < -0.39 is 90.6 Å². The Bertz CT molecular complexity index is 2910. The summed E-state index contributed by atoms with van der Waals surface area (Å²) in [6.45, 7) is 0. The molecule has 8 rings (SSSR count). The summed E-state index contributed by atoms with van der Waals surface area (Å²) in [6, 6.07) is 6.81. The van der Waals surface area contributed by atoms with Crippen LogP contribution in [0.15, 0.2) is 150 Å². The minimum Gasteiger partial charge on any atom is -0.455 e. The van der Waals surface area contributed by atoms with Gasteiger partial charge in [-0.15, -0.1) is 0 Å². The van der Waals surface area contributed by atoms with Crippen LogP contribution >= 0.6 is 0 Å². The van der Waals surface area contributed by atoms with Gasteiger partial charge in [-0.05, 0) is 55.9 Å². The fraction of sp³-hybridized carbons (Fsp3) is 0. The average molecular weight is 512 g/mol. The Morgan fingerprint density at radius 2 is 1.00 bits per heavy atom. The zero-order chi connectivity index (χ0) is 38.8. The van der Waals surface area contributed by atoms with Crippen molar-refractivity contribution < 1.29 is 25.0 Å². The molecule has 1 aromatic heterocycles. The third kappa shape index (κ3) is 3.41. The lowest BCUT2D eigenvalue weighted by Gasteiger charge is -2.18. The number of hydrogen-bond donors (Lipinski definition) is 0. The molecule has 0 saturated carbocycles. The zero-order valence-corrected chi connectivity index (χ0v) is 20.1. The summed E-state index contributed by atoms with van der Waals surface area (Å²) >= 11 is 0. The van der Waals surface area contributed by atoms with Gasteiger partial charge in [0.15, 0.2) is 0 Å². The summed E-state index contributed by atoms with van der Waals surface area (Å²) in [7, 11) is 0. The van der Waals surface area contributed by atoms with Crippen molar-refractivity contribution in [2.24, 2.45) is 0 Å². The third-order valence-electron chi connectivity index (χ3n) is 6.82. The van der Waals surface area contributed by atoms with Gasteiger partial charge in [-0.25, -0.2) is 0 Å². The van der Waals surface area contributed by atoms with Gasteiger partial charge in [-0.2, -0.15) is 0 Å². The molecule has 0 aliphatic carbocycles. The lowest BCUT2D eigenvalue weighted by molar-refractivity contribution is 0.670. The van der Waals surface area contributed by atoms with Crippen LogP contribution in [0, 0.1) is 0 Å². The molecule has 182 valence electrons. The van der Waals surface area contributed by atoms with E-state index in [2.05, 4.69) is 0 Å². The van der Waals surface area contributed by atoms with Crippen LogP contribution in [-0.4, -0.2) is 0 Å². The summed E-state index contributed by atoms with van der Waals surface area (Å²) in [5, 5.41) is -1.32. The molecule has 0 unspecified atom stereocenters. The molecule has 0 N–H and O–H groups in total. The third-order valence-corrected chi connectivity index (χ3v) is 6.82.